The summed E-state index contributed by atoms with van der Waals surface area (Å²) >= 11 is 0. The van der Waals surface area contributed by atoms with Gasteiger partial charge in [-0.1, -0.05) is 77.6 Å². The lowest BCUT2D eigenvalue weighted by atomic mass is 9.89. The Kier molecular flexibility index (Phi) is 5.86. The molecule has 2 aliphatic rings. The molecule has 6 heteroatoms. The molecule has 2 bridgehead atoms. The van der Waals surface area contributed by atoms with E-state index in [9.17, 15) is 9.59 Å². The number of methoxy groups -OCH3 is 1. The molecule has 2 atom stereocenters. The summed E-state index contributed by atoms with van der Waals surface area (Å²) in [4.78, 5) is 24.6. The van der Waals surface area contributed by atoms with E-state index in [0.29, 0.717) is 24.2 Å². The van der Waals surface area contributed by atoms with E-state index in [1.165, 1.54) is 24.4 Å². The van der Waals surface area contributed by atoms with Crippen LogP contribution in [0.15, 0.2) is 72.0 Å². The first kappa shape index (κ1) is 21.5. The second-order valence-corrected chi connectivity index (χ2v) is 12.8. The maximum Gasteiger partial charge on any atom is 0.339 e. The summed E-state index contributed by atoms with van der Waals surface area (Å²) in [5, 5.41) is 1.97. The average molecular weight is 437 g/mol. The fourth-order valence-electron chi connectivity index (χ4n) is 5.23. The van der Waals surface area contributed by atoms with Crippen LogP contribution in [0.25, 0.3) is 0 Å². The molecule has 2 aliphatic heterocycles. The van der Waals surface area contributed by atoms with Gasteiger partial charge in [0.05, 0.1) is 18.4 Å². The molecule has 0 N–H and O–H groups in total. The molecule has 0 aliphatic carbocycles. The maximum atomic E-state index is 12.6. The number of rotatable bonds is 5. The maximum absolute atomic E-state index is 12.6. The van der Waals surface area contributed by atoms with Crippen molar-refractivity contribution < 1.29 is 23.8 Å². The third-order valence-corrected chi connectivity index (χ3v) is 12.1. The highest BCUT2D eigenvalue weighted by Crippen LogP contribution is 2.47. The van der Waals surface area contributed by atoms with Gasteiger partial charge in [-0.25, -0.2) is 4.79 Å². The van der Waals surface area contributed by atoms with Gasteiger partial charge in [-0.15, -0.1) is 0 Å². The molecule has 2 aromatic carbocycles. The Morgan fingerprint density at radius 3 is 2.13 bits per heavy atom. The Balaban J connectivity index is 1.92. The Bertz CT molecular complexity index is 962. The number of fused-ring (bicyclic) bond motifs is 2. The summed E-state index contributed by atoms with van der Waals surface area (Å²) < 4.78 is 17.5. The fourth-order valence-corrected chi connectivity index (χ4v) is 9.90. The fraction of sp³-hybridized carbons (Fsp3) is 0.360. The van der Waals surface area contributed by atoms with Crippen molar-refractivity contribution in [1.82, 2.24) is 0 Å². The van der Waals surface area contributed by atoms with E-state index in [2.05, 4.69) is 55.1 Å². The minimum Gasteiger partial charge on any atom is -0.465 e. The molecule has 0 amide bonds. The Labute approximate surface area is 184 Å². The largest absolute Gasteiger partial charge is 0.465 e. The van der Waals surface area contributed by atoms with E-state index in [1.807, 2.05) is 12.1 Å². The highest BCUT2D eigenvalue weighted by Gasteiger charge is 2.59. The zero-order valence-corrected chi connectivity index (χ0v) is 19.2. The topological polar surface area (TPSA) is 61.8 Å². The molecule has 0 spiro atoms. The molecule has 31 heavy (non-hydrogen) atoms. The molecular weight excluding hydrogens is 408 g/mol. The normalized spacial score (nSPS) is 23.3. The van der Waals surface area contributed by atoms with E-state index >= 15 is 0 Å². The zero-order chi connectivity index (χ0) is 22.1. The van der Waals surface area contributed by atoms with Gasteiger partial charge < -0.3 is 14.2 Å². The quantitative estimate of drug-likeness (QED) is 0.532. The van der Waals surface area contributed by atoms with Crippen LogP contribution >= 0.6 is 0 Å². The van der Waals surface area contributed by atoms with Crippen molar-refractivity contribution in [2.75, 3.05) is 7.11 Å². The van der Waals surface area contributed by atoms with Crippen LogP contribution in [0.2, 0.25) is 6.55 Å². The van der Waals surface area contributed by atoms with Gasteiger partial charge in [0.1, 0.15) is 19.4 Å². The third-order valence-electron chi connectivity index (χ3n) is 6.77. The summed E-state index contributed by atoms with van der Waals surface area (Å²) in [5.74, 6) is -0.519. The molecular formula is C25H28O5Si. The highest BCUT2D eigenvalue weighted by molar-refractivity contribution is 7.03. The first-order chi connectivity index (χ1) is 14.9. The van der Waals surface area contributed by atoms with Crippen LogP contribution in [-0.4, -0.2) is 38.5 Å². The van der Waals surface area contributed by atoms with Crippen molar-refractivity contribution in [3.63, 3.8) is 0 Å². The van der Waals surface area contributed by atoms with Crippen LogP contribution < -0.4 is 10.4 Å². The summed E-state index contributed by atoms with van der Waals surface area (Å²) in [7, 11) is -1.16. The Morgan fingerprint density at radius 2 is 1.61 bits per heavy atom. The van der Waals surface area contributed by atoms with Crippen LogP contribution in [0.4, 0.5) is 0 Å². The Hall–Kier alpha value is -2.70. The Morgan fingerprint density at radius 1 is 1.03 bits per heavy atom. The number of carbonyl (C=O) groups excluding carboxylic acids is 2. The molecule has 0 unspecified atom stereocenters. The van der Waals surface area contributed by atoms with Crippen LogP contribution in [-0.2, 0) is 23.8 Å². The minimum absolute atomic E-state index is 0.352. The van der Waals surface area contributed by atoms with Crippen LogP contribution in [0, 0.1) is 0 Å². The van der Waals surface area contributed by atoms with Crippen molar-refractivity contribution in [3.8, 4) is 0 Å². The van der Waals surface area contributed by atoms with Crippen molar-refractivity contribution in [2.24, 2.45) is 0 Å². The van der Waals surface area contributed by atoms with Crippen molar-refractivity contribution >= 4 is 30.4 Å². The molecule has 0 aromatic heterocycles. The molecule has 162 valence electrons. The van der Waals surface area contributed by atoms with Gasteiger partial charge in [-0.05, 0) is 19.3 Å². The standard InChI is InChI=1S/C25H28O5Si/c1-18(26)29-22-17-25(16-10-15-21(30-25)23(22)24(27)28-2)31(3,19-11-6-4-7-12-19)20-13-8-5-9-14-20/h4-9,11-14,21H,10,15-17H2,1-3H3/t21-,25-/m0/s1. The first-order valence-electron chi connectivity index (χ1n) is 10.7. The number of esters is 2. The molecule has 5 nitrogen and oxygen atoms in total. The van der Waals surface area contributed by atoms with Gasteiger partial charge in [0.25, 0.3) is 0 Å². The van der Waals surface area contributed by atoms with E-state index in [-0.39, 0.29) is 0 Å². The van der Waals surface area contributed by atoms with Crippen molar-refractivity contribution in [1.29, 1.82) is 0 Å². The predicted octanol–water partition coefficient (Wildman–Crippen LogP) is 3.12. The highest BCUT2D eigenvalue weighted by atomic mass is 28.3. The lowest BCUT2D eigenvalue weighted by Crippen LogP contribution is -2.75. The molecule has 1 saturated heterocycles. The SMILES string of the molecule is COC(=O)C1=C(OC(C)=O)C[C@@]2([Si](C)(c3ccccc3)c3ccccc3)CCC[C@@H]1O2. The van der Waals surface area contributed by atoms with Gasteiger partial charge >= 0.3 is 11.9 Å². The molecule has 2 heterocycles. The number of hydrogen-bond donors (Lipinski definition) is 0. The van der Waals surface area contributed by atoms with Gasteiger partial charge in [-0.2, -0.15) is 0 Å². The summed E-state index contributed by atoms with van der Waals surface area (Å²) in [6.07, 6.45) is 2.41. The van der Waals surface area contributed by atoms with Gasteiger partial charge in [0.2, 0.25) is 0 Å². The first-order valence-corrected chi connectivity index (χ1v) is 13.2. The van der Waals surface area contributed by atoms with E-state index < -0.39 is 31.3 Å². The molecule has 4 rings (SSSR count). The van der Waals surface area contributed by atoms with Crippen LogP contribution in [0.1, 0.15) is 32.6 Å². The number of benzene rings is 2. The van der Waals surface area contributed by atoms with Gasteiger partial charge in [-0.3, -0.25) is 4.79 Å². The lowest BCUT2D eigenvalue weighted by molar-refractivity contribution is -0.147. The van der Waals surface area contributed by atoms with E-state index in [4.69, 9.17) is 14.2 Å². The van der Waals surface area contributed by atoms with Crippen molar-refractivity contribution in [3.05, 3.63) is 72.0 Å². The molecule has 0 radical (unpaired) electrons. The third kappa shape index (κ3) is 3.64. The minimum atomic E-state index is -2.51. The molecule has 2 aromatic rings. The predicted molar refractivity (Wildman–Crippen MR) is 121 cm³/mol. The van der Waals surface area contributed by atoms with E-state index in [0.717, 1.165) is 12.8 Å². The molecule has 1 fully saturated rings. The lowest BCUT2D eigenvalue weighted by Gasteiger charge is -2.54. The summed E-state index contributed by atoms with van der Waals surface area (Å²) in [5.41, 5.74) is 0.352. The number of ether oxygens (including phenoxy) is 3. The second kappa shape index (κ2) is 8.44. The van der Waals surface area contributed by atoms with Crippen molar-refractivity contribution in [2.45, 2.75) is 50.5 Å². The zero-order valence-electron chi connectivity index (χ0n) is 18.2. The molecule has 0 saturated carbocycles. The van der Waals surface area contributed by atoms with Gasteiger partial charge in [0.15, 0.2) is 0 Å². The summed E-state index contributed by atoms with van der Waals surface area (Å²) in [6.45, 7) is 3.69. The smallest absolute Gasteiger partial charge is 0.339 e. The summed E-state index contributed by atoms with van der Waals surface area (Å²) in [6, 6.07) is 21.0. The average Bonchev–Trinajstić information content (AvgIpc) is 2.79. The number of carbonyl (C=O) groups is 2. The monoisotopic (exact) mass is 436 g/mol. The van der Waals surface area contributed by atoms with Gasteiger partial charge in [0, 0.05) is 13.3 Å². The van der Waals surface area contributed by atoms with Crippen LogP contribution in [0.5, 0.6) is 0 Å². The second-order valence-electron chi connectivity index (χ2n) is 8.45. The van der Waals surface area contributed by atoms with Crippen LogP contribution in [0.3, 0.4) is 0 Å². The van der Waals surface area contributed by atoms with E-state index in [1.54, 1.807) is 0 Å². The number of hydrogen-bond acceptors (Lipinski definition) is 5.